The van der Waals surface area contributed by atoms with E-state index in [9.17, 15) is 4.79 Å². The minimum atomic E-state index is -0.448. The van der Waals surface area contributed by atoms with Crippen molar-refractivity contribution in [3.63, 3.8) is 0 Å². The Morgan fingerprint density at radius 3 is 2.50 bits per heavy atom. The monoisotopic (exact) mass is 278 g/mol. The molecule has 1 amide bonds. The average molecular weight is 278 g/mol. The van der Waals surface area contributed by atoms with Gasteiger partial charge in [0.2, 0.25) is 5.91 Å². The van der Waals surface area contributed by atoms with Crippen LogP contribution in [0.15, 0.2) is 30.3 Å². The van der Waals surface area contributed by atoms with Crippen molar-refractivity contribution in [2.75, 3.05) is 13.7 Å². The van der Waals surface area contributed by atoms with E-state index in [-0.39, 0.29) is 11.9 Å². The Kier molecular flexibility index (Phi) is 7.26. The van der Waals surface area contributed by atoms with Crippen LogP contribution in [-0.2, 0) is 16.1 Å². The zero-order chi connectivity index (χ0) is 15.0. The van der Waals surface area contributed by atoms with Crippen LogP contribution in [0.5, 0.6) is 0 Å². The number of ether oxygens (including phenoxy) is 1. The van der Waals surface area contributed by atoms with Crippen LogP contribution in [0.2, 0.25) is 0 Å². The Morgan fingerprint density at radius 1 is 1.30 bits per heavy atom. The van der Waals surface area contributed by atoms with Gasteiger partial charge in [0.15, 0.2) is 0 Å². The largest absolute Gasteiger partial charge is 0.385 e. The number of hydrogen-bond acceptors (Lipinski definition) is 3. The molecule has 1 rings (SSSR count). The third kappa shape index (κ3) is 5.31. The molecule has 0 bridgehead atoms. The lowest BCUT2D eigenvalue weighted by Gasteiger charge is -2.29. The molecule has 1 aromatic rings. The van der Waals surface area contributed by atoms with Crippen molar-refractivity contribution in [1.82, 2.24) is 4.90 Å². The number of methoxy groups -OCH3 is 1. The second-order valence-corrected chi connectivity index (χ2v) is 5.29. The Labute approximate surface area is 121 Å². The summed E-state index contributed by atoms with van der Waals surface area (Å²) in [6, 6.07) is 9.68. The summed E-state index contributed by atoms with van der Waals surface area (Å²) in [4.78, 5) is 14.3. The SMILES string of the molecule is COCCCC(N)C(=O)N(Cc1ccccc1)C(C)C. The Morgan fingerprint density at radius 2 is 1.95 bits per heavy atom. The second-order valence-electron chi connectivity index (χ2n) is 5.29. The summed E-state index contributed by atoms with van der Waals surface area (Å²) in [7, 11) is 1.66. The van der Waals surface area contributed by atoms with Gasteiger partial charge >= 0.3 is 0 Å². The number of rotatable bonds is 8. The highest BCUT2D eigenvalue weighted by Gasteiger charge is 2.23. The van der Waals surface area contributed by atoms with E-state index in [1.54, 1.807) is 7.11 Å². The van der Waals surface area contributed by atoms with Gasteiger partial charge in [0.25, 0.3) is 0 Å². The lowest BCUT2D eigenvalue weighted by atomic mass is 10.1. The molecular formula is C16H26N2O2. The lowest BCUT2D eigenvalue weighted by molar-refractivity contribution is -0.135. The van der Waals surface area contributed by atoms with E-state index in [1.165, 1.54) is 0 Å². The van der Waals surface area contributed by atoms with Gasteiger partial charge in [-0.1, -0.05) is 30.3 Å². The second kappa shape index (κ2) is 8.72. The number of carbonyl (C=O) groups is 1. The normalized spacial score (nSPS) is 12.4. The minimum Gasteiger partial charge on any atom is -0.385 e. The van der Waals surface area contributed by atoms with Crippen LogP contribution in [0.25, 0.3) is 0 Å². The first kappa shape index (κ1) is 16.7. The Balaban J connectivity index is 2.63. The predicted molar refractivity (Wildman–Crippen MR) is 81.2 cm³/mol. The van der Waals surface area contributed by atoms with Crippen molar-refractivity contribution in [2.45, 2.75) is 45.3 Å². The van der Waals surface area contributed by atoms with Crippen molar-refractivity contribution >= 4 is 5.91 Å². The summed E-state index contributed by atoms with van der Waals surface area (Å²) in [5.41, 5.74) is 7.13. The molecule has 0 saturated carbocycles. The van der Waals surface area contributed by atoms with Crippen molar-refractivity contribution in [2.24, 2.45) is 5.73 Å². The van der Waals surface area contributed by atoms with Crippen LogP contribution in [0, 0.1) is 0 Å². The van der Waals surface area contributed by atoms with Gasteiger partial charge in [0.05, 0.1) is 6.04 Å². The summed E-state index contributed by atoms with van der Waals surface area (Å²) >= 11 is 0. The number of nitrogens with two attached hydrogens (primary N) is 1. The zero-order valence-corrected chi connectivity index (χ0v) is 12.7. The van der Waals surface area contributed by atoms with Gasteiger partial charge in [-0.15, -0.1) is 0 Å². The molecule has 0 saturated heterocycles. The fourth-order valence-corrected chi connectivity index (χ4v) is 2.08. The number of benzene rings is 1. The fourth-order valence-electron chi connectivity index (χ4n) is 2.08. The minimum absolute atomic E-state index is 0.0138. The molecule has 4 nitrogen and oxygen atoms in total. The smallest absolute Gasteiger partial charge is 0.240 e. The van der Waals surface area contributed by atoms with E-state index in [2.05, 4.69) is 0 Å². The van der Waals surface area contributed by atoms with Crippen LogP contribution >= 0.6 is 0 Å². The van der Waals surface area contributed by atoms with E-state index in [4.69, 9.17) is 10.5 Å². The predicted octanol–water partition coefficient (Wildman–Crippen LogP) is 2.18. The highest BCUT2D eigenvalue weighted by atomic mass is 16.5. The first-order chi connectivity index (χ1) is 9.56. The first-order valence-corrected chi connectivity index (χ1v) is 7.15. The number of amides is 1. The quantitative estimate of drug-likeness (QED) is 0.742. The number of hydrogen-bond donors (Lipinski definition) is 1. The molecule has 1 unspecified atom stereocenters. The maximum atomic E-state index is 12.4. The molecule has 0 aromatic heterocycles. The van der Waals surface area contributed by atoms with Gasteiger partial charge < -0.3 is 15.4 Å². The third-order valence-corrected chi connectivity index (χ3v) is 3.28. The summed E-state index contributed by atoms with van der Waals surface area (Å²) in [5.74, 6) is 0.0138. The van der Waals surface area contributed by atoms with Crippen molar-refractivity contribution in [1.29, 1.82) is 0 Å². The zero-order valence-electron chi connectivity index (χ0n) is 12.7. The van der Waals surface area contributed by atoms with E-state index in [0.29, 0.717) is 19.6 Å². The van der Waals surface area contributed by atoms with E-state index >= 15 is 0 Å². The van der Waals surface area contributed by atoms with Gasteiger partial charge in [-0.2, -0.15) is 0 Å². The molecule has 4 heteroatoms. The van der Waals surface area contributed by atoms with E-state index in [1.807, 2.05) is 49.1 Å². The molecule has 0 spiro atoms. The lowest BCUT2D eigenvalue weighted by Crippen LogP contribution is -2.46. The van der Waals surface area contributed by atoms with Gasteiger partial charge in [-0.05, 0) is 32.3 Å². The van der Waals surface area contributed by atoms with Crippen molar-refractivity contribution in [3.8, 4) is 0 Å². The fraction of sp³-hybridized carbons (Fsp3) is 0.562. The molecule has 20 heavy (non-hydrogen) atoms. The van der Waals surface area contributed by atoms with Crippen LogP contribution < -0.4 is 5.73 Å². The summed E-state index contributed by atoms with van der Waals surface area (Å²) < 4.78 is 5.00. The van der Waals surface area contributed by atoms with Crippen LogP contribution in [-0.4, -0.2) is 36.6 Å². The van der Waals surface area contributed by atoms with Gasteiger partial charge in [-0.25, -0.2) is 0 Å². The Hall–Kier alpha value is -1.39. The maximum absolute atomic E-state index is 12.4. The average Bonchev–Trinajstić information content (AvgIpc) is 2.45. The standard InChI is InChI=1S/C16H26N2O2/c1-13(2)18(12-14-8-5-4-6-9-14)16(19)15(17)10-7-11-20-3/h4-6,8-9,13,15H,7,10-12,17H2,1-3H3. The van der Waals surface area contributed by atoms with Gasteiger partial charge in [0.1, 0.15) is 0 Å². The van der Waals surface area contributed by atoms with Crippen molar-refractivity contribution < 1.29 is 9.53 Å². The van der Waals surface area contributed by atoms with Crippen LogP contribution in [0.3, 0.4) is 0 Å². The maximum Gasteiger partial charge on any atom is 0.240 e. The van der Waals surface area contributed by atoms with Crippen LogP contribution in [0.4, 0.5) is 0 Å². The number of nitrogens with zero attached hydrogens (tertiary/aromatic N) is 1. The summed E-state index contributed by atoms with van der Waals surface area (Å²) in [6.07, 6.45) is 1.46. The summed E-state index contributed by atoms with van der Waals surface area (Å²) in [6.45, 7) is 5.28. The third-order valence-electron chi connectivity index (χ3n) is 3.28. The highest BCUT2D eigenvalue weighted by molar-refractivity contribution is 5.81. The molecule has 0 aliphatic carbocycles. The van der Waals surface area contributed by atoms with Gasteiger partial charge in [-0.3, -0.25) is 4.79 Å². The molecule has 0 aliphatic rings. The molecule has 1 aromatic carbocycles. The van der Waals surface area contributed by atoms with E-state index in [0.717, 1.165) is 12.0 Å². The van der Waals surface area contributed by atoms with E-state index < -0.39 is 6.04 Å². The molecule has 112 valence electrons. The molecule has 0 fully saturated rings. The molecule has 0 heterocycles. The highest BCUT2D eigenvalue weighted by Crippen LogP contribution is 2.11. The molecule has 0 aliphatic heterocycles. The molecular weight excluding hydrogens is 252 g/mol. The Bertz CT molecular complexity index is 393. The van der Waals surface area contributed by atoms with Gasteiger partial charge in [0, 0.05) is 26.3 Å². The molecule has 2 N–H and O–H groups in total. The van der Waals surface area contributed by atoms with Crippen molar-refractivity contribution in [3.05, 3.63) is 35.9 Å². The molecule has 1 atom stereocenters. The first-order valence-electron chi connectivity index (χ1n) is 7.15. The number of carbonyl (C=O) groups excluding carboxylic acids is 1. The summed E-state index contributed by atoms with van der Waals surface area (Å²) in [5, 5.41) is 0. The topological polar surface area (TPSA) is 55.6 Å². The van der Waals surface area contributed by atoms with Crippen LogP contribution in [0.1, 0.15) is 32.3 Å². The molecule has 0 radical (unpaired) electrons.